The van der Waals surface area contributed by atoms with Gasteiger partial charge in [0.1, 0.15) is 0 Å². The highest BCUT2D eigenvalue weighted by Crippen LogP contribution is 2.38. The molecule has 2 saturated carbocycles. The summed E-state index contributed by atoms with van der Waals surface area (Å²) in [5.41, 5.74) is 0. The lowest BCUT2D eigenvalue weighted by atomic mass is 9.85. The molecule has 2 fully saturated rings. The maximum Gasteiger partial charge on any atom is 0.391 e. The second-order valence-electron chi connectivity index (χ2n) is 6.18. The Hall–Kier alpha value is -0.250. The fraction of sp³-hybridized carbons (Fsp3) is 1.00. The Morgan fingerprint density at radius 1 is 1.06 bits per heavy atom. The molecule has 0 aromatic carbocycles. The standard InChI is InChI=1S/C14H24F3N/c1-10-4-2-5-11(10)9-18-13-7-3-6-12(8-13)14(15,16)17/h10-13,18H,2-9H2,1H3. The number of hydrogen-bond acceptors (Lipinski definition) is 1. The molecule has 0 bridgehead atoms. The molecule has 2 aliphatic rings. The molecule has 0 aromatic rings. The van der Waals surface area contributed by atoms with Gasteiger partial charge in [0.15, 0.2) is 0 Å². The van der Waals surface area contributed by atoms with Crippen LogP contribution in [0.25, 0.3) is 0 Å². The van der Waals surface area contributed by atoms with Crippen molar-refractivity contribution >= 4 is 0 Å². The maximum atomic E-state index is 12.7. The first-order chi connectivity index (χ1) is 8.47. The zero-order chi connectivity index (χ0) is 13.2. The molecule has 18 heavy (non-hydrogen) atoms. The van der Waals surface area contributed by atoms with Gasteiger partial charge in [-0.15, -0.1) is 0 Å². The monoisotopic (exact) mass is 263 g/mol. The number of nitrogens with one attached hydrogen (secondary N) is 1. The first-order valence-electron chi connectivity index (χ1n) is 7.27. The highest BCUT2D eigenvalue weighted by atomic mass is 19.4. The Bertz CT molecular complexity index is 264. The van der Waals surface area contributed by atoms with Gasteiger partial charge in [-0.25, -0.2) is 0 Å². The third kappa shape index (κ3) is 3.62. The summed E-state index contributed by atoms with van der Waals surface area (Å²) < 4.78 is 38.1. The van der Waals surface area contributed by atoms with Crippen molar-refractivity contribution in [3.8, 4) is 0 Å². The van der Waals surface area contributed by atoms with Crippen LogP contribution in [0.15, 0.2) is 0 Å². The molecule has 106 valence electrons. The van der Waals surface area contributed by atoms with Crippen LogP contribution in [0.3, 0.4) is 0 Å². The number of halogens is 3. The van der Waals surface area contributed by atoms with Gasteiger partial charge in [-0.1, -0.05) is 26.2 Å². The van der Waals surface area contributed by atoms with Gasteiger partial charge in [-0.05, 0) is 44.1 Å². The Labute approximate surface area is 108 Å². The SMILES string of the molecule is CC1CCCC1CNC1CCCC(C(F)(F)F)C1. The minimum atomic E-state index is -4.00. The van der Waals surface area contributed by atoms with E-state index in [9.17, 15) is 13.2 Å². The number of rotatable bonds is 3. The molecule has 0 aromatic heterocycles. The second kappa shape index (κ2) is 5.81. The van der Waals surface area contributed by atoms with E-state index >= 15 is 0 Å². The van der Waals surface area contributed by atoms with E-state index in [1.807, 2.05) is 0 Å². The van der Waals surface area contributed by atoms with E-state index in [1.165, 1.54) is 19.3 Å². The van der Waals surface area contributed by atoms with Crippen molar-refractivity contribution < 1.29 is 13.2 Å². The predicted octanol–water partition coefficient (Wildman–Crippen LogP) is 4.13. The van der Waals surface area contributed by atoms with E-state index in [0.717, 1.165) is 18.9 Å². The molecule has 4 heteroatoms. The summed E-state index contributed by atoms with van der Waals surface area (Å²) in [6.07, 6.45) is 2.03. The molecule has 4 atom stereocenters. The van der Waals surface area contributed by atoms with Crippen molar-refractivity contribution in [3.63, 3.8) is 0 Å². The number of alkyl halides is 3. The topological polar surface area (TPSA) is 12.0 Å². The fourth-order valence-corrected chi connectivity index (χ4v) is 3.52. The molecule has 0 saturated heterocycles. The fourth-order valence-electron chi connectivity index (χ4n) is 3.52. The summed E-state index contributed by atoms with van der Waals surface area (Å²) in [5.74, 6) is 0.334. The normalized spacial score (nSPS) is 38.0. The molecule has 0 aliphatic heterocycles. The zero-order valence-corrected chi connectivity index (χ0v) is 11.1. The molecule has 2 aliphatic carbocycles. The van der Waals surface area contributed by atoms with Crippen molar-refractivity contribution in [2.24, 2.45) is 17.8 Å². The largest absolute Gasteiger partial charge is 0.391 e. The minimum absolute atomic E-state index is 0.0816. The Kier molecular flexibility index (Phi) is 4.57. The predicted molar refractivity (Wildman–Crippen MR) is 66.3 cm³/mol. The van der Waals surface area contributed by atoms with Gasteiger partial charge < -0.3 is 5.32 Å². The van der Waals surface area contributed by atoms with Crippen LogP contribution >= 0.6 is 0 Å². The van der Waals surface area contributed by atoms with Crippen molar-refractivity contribution in [1.82, 2.24) is 5.32 Å². The third-order valence-electron chi connectivity index (χ3n) is 4.84. The van der Waals surface area contributed by atoms with Crippen LogP contribution in [0.4, 0.5) is 13.2 Å². The molecule has 0 radical (unpaired) electrons. The van der Waals surface area contributed by atoms with Gasteiger partial charge >= 0.3 is 6.18 Å². The van der Waals surface area contributed by atoms with Crippen LogP contribution in [-0.2, 0) is 0 Å². The van der Waals surface area contributed by atoms with Gasteiger partial charge in [-0.2, -0.15) is 13.2 Å². The third-order valence-corrected chi connectivity index (χ3v) is 4.84. The summed E-state index contributed by atoms with van der Waals surface area (Å²) in [6, 6.07) is 0.0816. The van der Waals surface area contributed by atoms with E-state index in [-0.39, 0.29) is 12.5 Å². The molecule has 0 amide bonds. The minimum Gasteiger partial charge on any atom is -0.314 e. The van der Waals surface area contributed by atoms with Gasteiger partial charge in [0.25, 0.3) is 0 Å². The zero-order valence-electron chi connectivity index (χ0n) is 11.1. The molecule has 0 spiro atoms. The first kappa shape index (κ1) is 14.2. The van der Waals surface area contributed by atoms with Crippen LogP contribution in [0.5, 0.6) is 0 Å². The summed E-state index contributed by atoms with van der Waals surface area (Å²) in [6.45, 7) is 3.18. The highest BCUT2D eigenvalue weighted by Gasteiger charge is 2.42. The Morgan fingerprint density at radius 2 is 1.78 bits per heavy atom. The van der Waals surface area contributed by atoms with Crippen LogP contribution in [-0.4, -0.2) is 18.8 Å². The summed E-state index contributed by atoms with van der Waals surface area (Å²) in [5, 5.41) is 3.40. The summed E-state index contributed by atoms with van der Waals surface area (Å²) in [7, 11) is 0. The van der Waals surface area contributed by atoms with E-state index in [0.29, 0.717) is 18.8 Å². The molecular formula is C14H24F3N. The number of hydrogen-bond donors (Lipinski definition) is 1. The Balaban J connectivity index is 1.76. The van der Waals surface area contributed by atoms with Crippen molar-refractivity contribution in [3.05, 3.63) is 0 Å². The smallest absolute Gasteiger partial charge is 0.314 e. The van der Waals surface area contributed by atoms with E-state index in [4.69, 9.17) is 0 Å². The van der Waals surface area contributed by atoms with Crippen molar-refractivity contribution in [2.75, 3.05) is 6.54 Å². The average molecular weight is 263 g/mol. The van der Waals surface area contributed by atoms with Gasteiger partial charge in [0.2, 0.25) is 0 Å². The molecule has 4 unspecified atom stereocenters. The van der Waals surface area contributed by atoms with E-state index in [2.05, 4.69) is 12.2 Å². The van der Waals surface area contributed by atoms with Crippen LogP contribution in [0.1, 0.15) is 51.9 Å². The molecule has 0 heterocycles. The second-order valence-corrected chi connectivity index (χ2v) is 6.18. The van der Waals surface area contributed by atoms with Gasteiger partial charge in [0.05, 0.1) is 5.92 Å². The summed E-state index contributed by atoms with van der Waals surface area (Å²) >= 11 is 0. The van der Waals surface area contributed by atoms with Crippen LogP contribution < -0.4 is 5.32 Å². The van der Waals surface area contributed by atoms with Gasteiger partial charge in [0, 0.05) is 6.04 Å². The molecule has 1 nitrogen and oxygen atoms in total. The van der Waals surface area contributed by atoms with Crippen LogP contribution in [0, 0.1) is 17.8 Å². The van der Waals surface area contributed by atoms with E-state index in [1.54, 1.807) is 0 Å². The lowest BCUT2D eigenvalue weighted by Crippen LogP contribution is -2.40. The first-order valence-corrected chi connectivity index (χ1v) is 7.27. The molecular weight excluding hydrogens is 239 g/mol. The quantitative estimate of drug-likeness (QED) is 0.807. The average Bonchev–Trinajstić information content (AvgIpc) is 2.72. The summed E-state index contributed by atoms with van der Waals surface area (Å²) in [4.78, 5) is 0. The van der Waals surface area contributed by atoms with E-state index < -0.39 is 12.1 Å². The van der Waals surface area contributed by atoms with Gasteiger partial charge in [-0.3, -0.25) is 0 Å². The van der Waals surface area contributed by atoms with Crippen molar-refractivity contribution in [2.45, 2.75) is 64.1 Å². The van der Waals surface area contributed by atoms with Crippen LogP contribution in [0.2, 0.25) is 0 Å². The molecule has 2 rings (SSSR count). The maximum absolute atomic E-state index is 12.7. The lowest BCUT2D eigenvalue weighted by Gasteiger charge is -2.32. The molecule has 1 N–H and O–H groups in total. The van der Waals surface area contributed by atoms with Crippen molar-refractivity contribution in [1.29, 1.82) is 0 Å². The highest BCUT2D eigenvalue weighted by molar-refractivity contribution is 4.84. The Morgan fingerprint density at radius 3 is 2.39 bits per heavy atom. The lowest BCUT2D eigenvalue weighted by molar-refractivity contribution is -0.183.